The number of thiazole rings is 1. The minimum atomic E-state index is 0.703. The van der Waals surface area contributed by atoms with Crippen molar-refractivity contribution < 1.29 is 4.42 Å². The Morgan fingerprint density at radius 2 is 2.32 bits per heavy atom. The van der Waals surface area contributed by atoms with Crippen LogP contribution in [0.15, 0.2) is 51.5 Å². The van der Waals surface area contributed by atoms with E-state index in [2.05, 4.69) is 9.97 Å². The first-order valence-corrected chi connectivity index (χ1v) is 7.50. The predicted octanol–water partition coefficient (Wildman–Crippen LogP) is 3.67. The Kier molecular flexibility index (Phi) is 3.52. The Morgan fingerprint density at radius 1 is 1.37 bits per heavy atom. The maximum atomic E-state index is 5.85. The molecule has 0 spiro atoms. The second-order valence-corrected chi connectivity index (χ2v) is 5.70. The van der Waals surface area contributed by atoms with Gasteiger partial charge in [-0.05, 0) is 18.2 Å². The zero-order valence-corrected chi connectivity index (χ0v) is 11.6. The molecule has 0 fully saturated rings. The van der Waals surface area contributed by atoms with Crippen LogP contribution in [0.3, 0.4) is 0 Å². The van der Waals surface area contributed by atoms with Crippen LogP contribution < -0.4 is 5.73 Å². The number of hydrogen-bond donors (Lipinski definition) is 1. The quantitative estimate of drug-likeness (QED) is 0.742. The number of nitrogens with two attached hydrogens (primary N) is 1. The Balaban J connectivity index is 1.70. The second kappa shape index (κ2) is 5.46. The highest BCUT2D eigenvalue weighted by Gasteiger charge is 2.08. The minimum Gasteiger partial charge on any atom is -0.462 e. The van der Waals surface area contributed by atoms with Gasteiger partial charge in [0.2, 0.25) is 0 Å². The number of hydrogen-bond acceptors (Lipinski definition) is 6. The van der Waals surface area contributed by atoms with Crippen LogP contribution in [0, 0.1) is 0 Å². The lowest BCUT2D eigenvalue weighted by Crippen LogP contribution is -1.90. The Morgan fingerprint density at radius 3 is 3.11 bits per heavy atom. The molecule has 2 N–H and O–H groups in total. The van der Waals surface area contributed by atoms with E-state index < -0.39 is 0 Å². The lowest BCUT2D eigenvalue weighted by Gasteiger charge is -2.02. The summed E-state index contributed by atoms with van der Waals surface area (Å²) in [6, 6.07) is 5.69. The largest absolute Gasteiger partial charge is 0.462 e. The van der Waals surface area contributed by atoms with Gasteiger partial charge in [0.05, 0.1) is 23.8 Å². The first kappa shape index (κ1) is 12.3. The van der Waals surface area contributed by atoms with Crippen LogP contribution >= 0.6 is 23.1 Å². The van der Waals surface area contributed by atoms with Crippen molar-refractivity contribution in [1.29, 1.82) is 0 Å². The van der Waals surface area contributed by atoms with Gasteiger partial charge in [0.15, 0.2) is 10.8 Å². The number of pyridine rings is 1. The van der Waals surface area contributed by atoms with E-state index in [9.17, 15) is 0 Å². The molecular formula is C13H11N3OS2. The molecule has 0 radical (unpaired) electrons. The van der Waals surface area contributed by atoms with Crippen molar-refractivity contribution in [2.45, 2.75) is 10.6 Å². The number of furan rings is 1. The lowest BCUT2D eigenvalue weighted by atomic mass is 10.4. The summed E-state index contributed by atoms with van der Waals surface area (Å²) in [5.41, 5.74) is 7.58. The van der Waals surface area contributed by atoms with E-state index in [0.717, 1.165) is 27.1 Å². The summed E-state index contributed by atoms with van der Waals surface area (Å²) in [5.74, 6) is 1.59. The standard InChI is InChI=1S/C13H11N3OS2/c14-10-6-15-4-3-12(10)18-7-9-8-19-13(16-9)11-2-1-5-17-11/h1-6,8H,7,14H2. The predicted molar refractivity (Wildman–Crippen MR) is 78.0 cm³/mol. The SMILES string of the molecule is Nc1cnccc1SCc1csc(-c2ccco2)n1. The monoisotopic (exact) mass is 289 g/mol. The molecule has 0 aliphatic carbocycles. The average molecular weight is 289 g/mol. The zero-order valence-electron chi connectivity index (χ0n) is 9.95. The molecule has 3 rings (SSSR count). The second-order valence-electron chi connectivity index (χ2n) is 3.82. The molecule has 0 bridgehead atoms. The van der Waals surface area contributed by atoms with Crippen LogP contribution in [0.5, 0.6) is 0 Å². The molecule has 0 atom stereocenters. The molecule has 0 aliphatic rings. The molecule has 0 saturated heterocycles. The van der Waals surface area contributed by atoms with Crippen LogP contribution in [-0.4, -0.2) is 9.97 Å². The van der Waals surface area contributed by atoms with E-state index in [1.165, 1.54) is 0 Å². The topological polar surface area (TPSA) is 64.9 Å². The van der Waals surface area contributed by atoms with E-state index in [1.54, 1.807) is 41.8 Å². The maximum absolute atomic E-state index is 5.85. The fourth-order valence-corrected chi connectivity index (χ4v) is 3.28. The van der Waals surface area contributed by atoms with Gasteiger partial charge in [-0.25, -0.2) is 4.98 Å². The van der Waals surface area contributed by atoms with Gasteiger partial charge in [0.25, 0.3) is 0 Å². The van der Waals surface area contributed by atoms with Crippen LogP contribution in [0.2, 0.25) is 0 Å². The summed E-state index contributed by atoms with van der Waals surface area (Å²) in [5, 5.41) is 2.95. The average Bonchev–Trinajstić information content (AvgIpc) is 3.09. The third kappa shape index (κ3) is 2.80. The first-order chi connectivity index (χ1) is 9.33. The molecule has 3 heterocycles. The van der Waals surface area contributed by atoms with E-state index in [1.807, 2.05) is 23.6 Å². The molecular weight excluding hydrogens is 278 g/mol. The highest BCUT2D eigenvalue weighted by Crippen LogP contribution is 2.30. The van der Waals surface area contributed by atoms with Crippen molar-refractivity contribution in [1.82, 2.24) is 9.97 Å². The van der Waals surface area contributed by atoms with Gasteiger partial charge >= 0.3 is 0 Å². The molecule has 0 aromatic carbocycles. The van der Waals surface area contributed by atoms with Crippen molar-refractivity contribution in [3.05, 3.63) is 47.9 Å². The van der Waals surface area contributed by atoms with Crippen molar-refractivity contribution in [2.75, 3.05) is 5.73 Å². The molecule has 96 valence electrons. The highest BCUT2D eigenvalue weighted by atomic mass is 32.2. The Labute approximate surface area is 118 Å². The molecule has 19 heavy (non-hydrogen) atoms. The van der Waals surface area contributed by atoms with Gasteiger partial charge in [-0.1, -0.05) is 0 Å². The third-order valence-electron chi connectivity index (χ3n) is 2.47. The Hall–Kier alpha value is -1.79. The van der Waals surface area contributed by atoms with Crippen LogP contribution in [0.4, 0.5) is 5.69 Å². The number of rotatable bonds is 4. The summed E-state index contributed by atoms with van der Waals surface area (Å²) in [7, 11) is 0. The summed E-state index contributed by atoms with van der Waals surface area (Å²) in [4.78, 5) is 9.55. The van der Waals surface area contributed by atoms with E-state index in [0.29, 0.717) is 5.69 Å². The van der Waals surface area contributed by atoms with Crippen molar-refractivity contribution in [2.24, 2.45) is 0 Å². The van der Waals surface area contributed by atoms with E-state index in [-0.39, 0.29) is 0 Å². The van der Waals surface area contributed by atoms with Gasteiger partial charge in [-0.2, -0.15) is 0 Å². The van der Waals surface area contributed by atoms with Crippen molar-refractivity contribution in [3.63, 3.8) is 0 Å². The van der Waals surface area contributed by atoms with Gasteiger partial charge in [0.1, 0.15) is 0 Å². The Bertz CT molecular complexity index is 664. The number of aromatic nitrogens is 2. The van der Waals surface area contributed by atoms with E-state index >= 15 is 0 Å². The normalized spacial score (nSPS) is 10.7. The summed E-state index contributed by atoms with van der Waals surface area (Å²) >= 11 is 3.24. The van der Waals surface area contributed by atoms with Gasteiger partial charge in [-0.15, -0.1) is 23.1 Å². The molecule has 0 saturated carbocycles. The summed E-state index contributed by atoms with van der Waals surface area (Å²) in [6.45, 7) is 0. The number of nitrogens with zero attached hydrogens (tertiary/aromatic N) is 2. The number of anilines is 1. The van der Waals surface area contributed by atoms with Gasteiger partial charge in [0, 0.05) is 22.2 Å². The molecule has 4 nitrogen and oxygen atoms in total. The zero-order chi connectivity index (χ0) is 13.1. The summed E-state index contributed by atoms with van der Waals surface area (Å²) < 4.78 is 5.33. The smallest absolute Gasteiger partial charge is 0.162 e. The summed E-state index contributed by atoms with van der Waals surface area (Å²) in [6.07, 6.45) is 5.06. The molecule has 0 unspecified atom stereocenters. The molecule has 3 aromatic rings. The first-order valence-electron chi connectivity index (χ1n) is 5.63. The molecule has 0 aliphatic heterocycles. The van der Waals surface area contributed by atoms with Crippen molar-refractivity contribution >= 4 is 28.8 Å². The van der Waals surface area contributed by atoms with Crippen LogP contribution in [0.1, 0.15) is 5.69 Å². The van der Waals surface area contributed by atoms with Crippen LogP contribution in [0.25, 0.3) is 10.8 Å². The highest BCUT2D eigenvalue weighted by molar-refractivity contribution is 7.98. The molecule has 6 heteroatoms. The van der Waals surface area contributed by atoms with Crippen LogP contribution in [-0.2, 0) is 5.75 Å². The maximum Gasteiger partial charge on any atom is 0.162 e. The van der Waals surface area contributed by atoms with Crippen molar-refractivity contribution in [3.8, 4) is 10.8 Å². The number of nitrogen functional groups attached to an aromatic ring is 1. The fraction of sp³-hybridized carbons (Fsp3) is 0.0769. The minimum absolute atomic E-state index is 0.703. The van der Waals surface area contributed by atoms with E-state index in [4.69, 9.17) is 10.2 Å². The molecule has 0 amide bonds. The molecule has 3 aromatic heterocycles. The number of thioether (sulfide) groups is 1. The lowest BCUT2D eigenvalue weighted by molar-refractivity contribution is 0.581. The van der Waals surface area contributed by atoms with Gasteiger partial charge < -0.3 is 10.2 Å². The third-order valence-corrected chi connectivity index (χ3v) is 4.50. The fourth-order valence-electron chi connectivity index (χ4n) is 1.56. The van der Waals surface area contributed by atoms with Gasteiger partial charge in [-0.3, -0.25) is 4.98 Å².